The molecule has 0 saturated carbocycles. The van der Waals surface area contributed by atoms with Crippen LogP contribution in [0.25, 0.3) is 0 Å². The third-order valence-electron chi connectivity index (χ3n) is 4.67. The normalized spacial score (nSPS) is 30.6. The highest BCUT2D eigenvalue weighted by molar-refractivity contribution is 5.82. The number of carbonyl (C=O) groups excluding carboxylic acids is 1. The maximum Gasteiger partial charge on any atom is 0.239 e. The average molecular weight is 267 g/mol. The molecule has 0 bridgehead atoms. The number of rotatable bonds is 4. The second kappa shape index (κ2) is 6.71. The van der Waals surface area contributed by atoms with Gasteiger partial charge >= 0.3 is 0 Å². The van der Waals surface area contributed by atoms with E-state index in [-0.39, 0.29) is 12.1 Å². The minimum absolute atomic E-state index is 0.145. The van der Waals surface area contributed by atoms with Crippen LogP contribution in [0.2, 0.25) is 0 Å². The molecule has 2 fully saturated rings. The fourth-order valence-electron chi connectivity index (χ4n) is 3.51. The van der Waals surface area contributed by atoms with Crippen LogP contribution in [0.3, 0.4) is 0 Å². The van der Waals surface area contributed by atoms with E-state index >= 15 is 0 Å². The van der Waals surface area contributed by atoms with E-state index < -0.39 is 0 Å². The van der Waals surface area contributed by atoms with E-state index in [0.717, 1.165) is 45.4 Å². The molecule has 2 rings (SSSR count). The van der Waals surface area contributed by atoms with Gasteiger partial charge in [-0.25, -0.2) is 0 Å². The molecule has 0 aromatic rings. The number of nitrogens with zero attached hydrogens (tertiary/aromatic N) is 2. The highest BCUT2D eigenvalue weighted by Gasteiger charge is 2.35. The van der Waals surface area contributed by atoms with Crippen LogP contribution < -0.4 is 5.73 Å². The van der Waals surface area contributed by atoms with Crippen LogP contribution in [0.15, 0.2) is 0 Å². The number of likely N-dealkylation sites (tertiary alicyclic amines) is 2. The van der Waals surface area contributed by atoms with Gasteiger partial charge in [-0.1, -0.05) is 6.92 Å². The molecule has 2 aliphatic heterocycles. The molecule has 4 nitrogen and oxygen atoms in total. The van der Waals surface area contributed by atoms with Gasteiger partial charge in [0.05, 0.1) is 6.04 Å². The van der Waals surface area contributed by atoms with Crippen molar-refractivity contribution in [1.82, 2.24) is 9.80 Å². The third-order valence-corrected chi connectivity index (χ3v) is 4.67. The number of hydrogen-bond acceptors (Lipinski definition) is 3. The van der Waals surface area contributed by atoms with E-state index in [4.69, 9.17) is 5.73 Å². The van der Waals surface area contributed by atoms with Gasteiger partial charge in [-0.2, -0.15) is 0 Å². The van der Waals surface area contributed by atoms with Gasteiger partial charge in [0.15, 0.2) is 0 Å². The van der Waals surface area contributed by atoms with Gasteiger partial charge in [-0.3, -0.25) is 9.69 Å². The van der Waals surface area contributed by atoms with Gasteiger partial charge in [0.25, 0.3) is 0 Å². The molecular formula is C15H29N3O. The summed E-state index contributed by atoms with van der Waals surface area (Å²) in [6, 6.07) is 0.345. The molecule has 2 N–H and O–H groups in total. The lowest BCUT2D eigenvalue weighted by Crippen LogP contribution is -2.51. The molecule has 19 heavy (non-hydrogen) atoms. The van der Waals surface area contributed by atoms with E-state index in [2.05, 4.69) is 23.6 Å². The predicted molar refractivity (Wildman–Crippen MR) is 77.8 cm³/mol. The van der Waals surface area contributed by atoms with Gasteiger partial charge in [-0.05, 0) is 58.0 Å². The molecule has 2 aliphatic rings. The van der Waals surface area contributed by atoms with E-state index in [9.17, 15) is 4.79 Å². The molecule has 0 unspecified atom stereocenters. The lowest BCUT2D eigenvalue weighted by atomic mass is 9.91. The molecule has 110 valence electrons. The lowest BCUT2D eigenvalue weighted by molar-refractivity contribution is -0.138. The number of hydrogen-bond donors (Lipinski definition) is 1. The van der Waals surface area contributed by atoms with Gasteiger partial charge in [0.2, 0.25) is 5.91 Å². The quantitative estimate of drug-likeness (QED) is 0.838. The molecule has 1 amide bonds. The first-order valence-electron chi connectivity index (χ1n) is 7.92. The first-order valence-corrected chi connectivity index (χ1v) is 7.92. The van der Waals surface area contributed by atoms with Crippen LogP contribution in [0.1, 0.15) is 46.0 Å². The minimum atomic E-state index is 0.145. The molecule has 0 aromatic heterocycles. The van der Waals surface area contributed by atoms with E-state index in [1.54, 1.807) is 0 Å². The number of amides is 1. The van der Waals surface area contributed by atoms with Crippen molar-refractivity contribution in [3.63, 3.8) is 0 Å². The number of carbonyl (C=O) groups is 1. The highest BCUT2D eigenvalue weighted by atomic mass is 16.2. The molecule has 4 heteroatoms. The van der Waals surface area contributed by atoms with Gasteiger partial charge < -0.3 is 10.6 Å². The van der Waals surface area contributed by atoms with E-state index in [1.165, 1.54) is 12.8 Å². The van der Waals surface area contributed by atoms with Gasteiger partial charge in [0.1, 0.15) is 0 Å². The zero-order chi connectivity index (χ0) is 13.8. The van der Waals surface area contributed by atoms with Crippen LogP contribution in [0.5, 0.6) is 0 Å². The molecule has 0 spiro atoms. The maximum atomic E-state index is 12.7. The Bertz CT molecular complexity index is 306. The fourth-order valence-corrected chi connectivity index (χ4v) is 3.51. The van der Waals surface area contributed by atoms with Crippen molar-refractivity contribution in [2.75, 3.05) is 26.2 Å². The van der Waals surface area contributed by atoms with Gasteiger partial charge in [-0.15, -0.1) is 0 Å². The first-order chi connectivity index (χ1) is 9.13. The lowest BCUT2D eigenvalue weighted by Gasteiger charge is -2.37. The summed E-state index contributed by atoms with van der Waals surface area (Å²) in [6.45, 7) is 8.20. The Morgan fingerprint density at radius 3 is 2.74 bits per heavy atom. The van der Waals surface area contributed by atoms with Crippen molar-refractivity contribution in [3.05, 3.63) is 0 Å². The third kappa shape index (κ3) is 3.48. The Hall–Kier alpha value is -0.610. The molecule has 0 aromatic carbocycles. The maximum absolute atomic E-state index is 12.7. The summed E-state index contributed by atoms with van der Waals surface area (Å²) in [6.07, 6.45) is 5.62. The summed E-state index contributed by atoms with van der Waals surface area (Å²) in [5.41, 5.74) is 6.01. The van der Waals surface area contributed by atoms with E-state index in [1.807, 2.05) is 0 Å². The predicted octanol–water partition coefficient (Wildman–Crippen LogP) is 1.45. The van der Waals surface area contributed by atoms with Crippen LogP contribution in [-0.4, -0.2) is 54.0 Å². The Balaban J connectivity index is 1.94. The van der Waals surface area contributed by atoms with Crippen LogP contribution >= 0.6 is 0 Å². The van der Waals surface area contributed by atoms with Crippen LogP contribution in [0.4, 0.5) is 0 Å². The first kappa shape index (κ1) is 14.8. The fraction of sp³-hybridized carbons (Fsp3) is 0.933. The Labute approximate surface area is 117 Å². The Kier molecular flexibility index (Phi) is 5.22. The number of nitrogens with two attached hydrogens (primary N) is 1. The van der Waals surface area contributed by atoms with Crippen molar-refractivity contribution in [3.8, 4) is 0 Å². The monoisotopic (exact) mass is 267 g/mol. The zero-order valence-electron chi connectivity index (χ0n) is 12.5. The summed E-state index contributed by atoms with van der Waals surface area (Å²) in [4.78, 5) is 17.1. The Morgan fingerprint density at radius 1 is 1.32 bits per heavy atom. The topological polar surface area (TPSA) is 49.6 Å². The SMILES string of the molecule is CCCN1CCC[C@@H]1C(=O)N1CCC[C@@H]([C@@H](C)N)C1. The van der Waals surface area contributed by atoms with Crippen LogP contribution in [0, 0.1) is 5.92 Å². The molecule has 2 heterocycles. The van der Waals surface area contributed by atoms with Crippen molar-refractivity contribution in [2.24, 2.45) is 11.7 Å². The molecule has 2 saturated heterocycles. The molecule has 3 atom stereocenters. The smallest absolute Gasteiger partial charge is 0.239 e. The second-order valence-corrected chi connectivity index (χ2v) is 6.24. The summed E-state index contributed by atoms with van der Waals surface area (Å²) in [7, 11) is 0. The van der Waals surface area contributed by atoms with Crippen molar-refractivity contribution in [1.29, 1.82) is 0 Å². The molecule has 0 radical (unpaired) electrons. The average Bonchev–Trinajstić information content (AvgIpc) is 2.86. The van der Waals surface area contributed by atoms with Crippen molar-refractivity contribution in [2.45, 2.75) is 58.0 Å². The second-order valence-electron chi connectivity index (χ2n) is 6.24. The molecular weight excluding hydrogens is 238 g/mol. The van der Waals surface area contributed by atoms with Crippen molar-refractivity contribution < 1.29 is 4.79 Å². The standard InChI is InChI=1S/C15H29N3O/c1-3-8-17-9-5-7-14(17)15(19)18-10-4-6-13(11-18)12(2)16/h12-14H,3-11,16H2,1-2H3/t12-,13-,14-/m1/s1. The van der Waals surface area contributed by atoms with E-state index in [0.29, 0.717) is 11.8 Å². The summed E-state index contributed by atoms with van der Waals surface area (Å²) >= 11 is 0. The number of piperidine rings is 1. The Morgan fingerprint density at radius 2 is 2.05 bits per heavy atom. The minimum Gasteiger partial charge on any atom is -0.341 e. The molecule has 0 aliphatic carbocycles. The van der Waals surface area contributed by atoms with Gasteiger partial charge in [0, 0.05) is 19.1 Å². The zero-order valence-corrected chi connectivity index (χ0v) is 12.5. The summed E-state index contributed by atoms with van der Waals surface area (Å²) < 4.78 is 0. The highest BCUT2D eigenvalue weighted by Crippen LogP contribution is 2.24. The largest absolute Gasteiger partial charge is 0.341 e. The summed E-state index contributed by atoms with van der Waals surface area (Å²) in [5, 5.41) is 0. The van der Waals surface area contributed by atoms with Crippen molar-refractivity contribution >= 4 is 5.91 Å². The summed E-state index contributed by atoms with van der Waals surface area (Å²) in [5.74, 6) is 0.843. The van der Waals surface area contributed by atoms with Crippen LogP contribution in [-0.2, 0) is 4.79 Å².